The van der Waals surface area contributed by atoms with E-state index in [1.807, 2.05) is 38.1 Å². The van der Waals surface area contributed by atoms with Crippen LogP contribution in [-0.4, -0.2) is 39.1 Å². The number of aromatic nitrogens is 2. The largest absolute Gasteiger partial charge is 0.489 e. The van der Waals surface area contributed by atoms with E-state index < -0.39 is 0 Å². The van der Waals surface area contributed by atoms with Crippen molar-refractivity contribution in [3.05, 3.63) is 64.8 Å². The molecule has 3 aliphatic rings. The standard InChI is InChI=1S/C32H40ClN5O2S.C4H8/c1-19(2)40-29-17-24(23-13-14-34-26(16-23)22-9-8-10-22)21(5)15-27(29)36-32-35-18-25(33)31(37-32)38(39)28-11-6-7-12-30(28)41-20(3)4;1-2-4-3-1/h6-7,11-12,15-20,22,26,34,39H,8-10,13-14H2,1-5H3,(H,35,36,37);1-4H2. The molecule has 0 saturated heterocycles. The first-order valence-corrected chi connectivity index (χ1v) is 17.8. The van der Waals surface area contributed by atoms with E-state index in [1.165, 1.54) is 62.3 Å². The number of para-hydroxylation sites is 1. The number of hydrogen-bond donors (Lipinski definition) is 3. The number of anilines is 4. The molecule has 0 amide bonds. The van der Waals surface area contributed by atoms with Crippen LogP contribution in [-0.2, 0) is 0 Å². The molecule has 0 spiro atoms. The van der Waals surface area contributed by atoms with Crippen LogP contribution in [0.4, 0.5) is 23.1 Å². The number of thioether (sulfide) groups is 1. The SMILES string of the molecule is C1CCC1.Cc1cc(Nc2ncc(Cl)c(N(O)c3ccccc3SC(C)C)n2)c(OC(C)C)cc1C1=CC(C2CCC2)NCC1. The Morgan fingerprint density at radius 2 is 1.80 bits per heavy atom. The van der Waals surface area contributed by atoms with Gasteiger partial charge in [-0.25, -0.2) is 10.0 Å². The van der Waals surface area contributed by atoms with Gasteiger partial charge >= 0.3 is 0 Å². The molecule has 2 fully saturated rings. The van der Waals surface area contributed by atoms with Crippen LogP contribution in [0.5, 0.6) is 5.75 Å². The summed E-state index contributed by atoms with van der Waals surface area (Å²) in [7, 11) is 0. The molecule has 2 heterocycles. The molecule has 7 nitrogen and oxygen atoms in total. The van der Waals surface area contributed by atoms with Gasteiger partial charge in [0.15, 0.2) is 5.82 Å². The molecular weight excluding hydrogens is 602 g/mol. The maximum atomic E-state index is 11.2. The van der Waals surface area contributed by atoms with Crippen LogP contribution in [0.1, 0.15) is 90.2 Å². The summed E-state index contributed by atoms with van der Waals surface area (Å²) < 4.78 is 6.28. The molecule has 0 radical (unpaired) electrons. The van der Waals surface area contributed by atoms with E-state index in [0.29, 0.717) is 22.9 Å². The third-order valence-electron chi connectivity index (χ3n) is 8.48. The molecule has 2 aliphatic carbocycles. The third kappa shape index (κ3) is 8.73. The first-order chi connectivity index (χ1) is 21.7. The summed E-state index contributed by atoms with van der Waals surface area (Å²) in [4.78, 5) is 9.96. The van der Waals surface area contributed by atoms with Gasteiger partial charge in [-0.15, -0.1) is 11.8 Å². The van der Waals surface area contributed by atoms with E-state index in [2.05, 4.69) is 59.6 Å². The Morgan fingerprint density at radius 3 is 2.44 bits per heavy atom. The molecule has 6 rings (SSSR count). The van der Waals surface area contributed by atoms with Gasteiger partial charge in [0.05, 0.1) is 23.7 Å². The van der Waals surface area contributed by atoms with Crippen molar-refractivity contribution in [3.8, 4) is 5.75 Å². The highest BCUT2D eigenvalue weighted by Gasteiger charge is 2.28. The second-order valence-corrected chi connectivity index (χ2v) is 14.8. The number of nitrogens with zero attached hydrogens (tertiary/aromatic N) is 3. The fraction of sp³-hybridized carbons (Fsp3) is 0.500. The summed E-state index contributed by atoms with van der Waals surface area (Å²) in [5, 5.41) is 19.9. The van der Waals surface area contributed by atoms with Gasteiger partial charge in [-0.2, -0.15) is 4.98 Å². The van der Waals surface area contributed by atoms with E-state index in [1.54, 1.807) is 11.8 Å². The lowest BCUT2D eigenvalue weighted by Gasteiger charge is -2.36. The Bertz CT molecular complexity index is 1470. The minimum atomic E-state index is -0.0135. The topological polar surface area (TPSA) is 82.5 Å². The van der Waals surface area contributed by atoms with Crippen molar-refractivity contribution in [3.63, 3.8) is 0 Å². The second kappa shape index (κ2) is 15.7. The zero-order valence-electron chi connectivity index (χ0n) is 27.3. The van der Waals surface area contributed by atoms with Crippen molar-refractivity contribution in [2.45, 2.75) is 108 Å². The summed E-state index contributed by atoms with van der Waals surface area (Å²) in [5.74, 6) is 1.99. The highest BCUT2D eigenvalue weighted by Crippen LogP contribution is 2.40. The molecule has 0 bridgehead atoms. The average Bonchev–Trinajstić information content (AvgIpc) is 2.93. The van der Waals surface area contributed by atoms with Crippen LogP contribution >= 0.6 is 23.4 Å². The molecular formula is C36H48ClN5O2S. The molecule has 1 atom stereocenters. The van der Waals surface area contributed by atoms with E-state index in [4.69, 9.17) is 16.3 Å². The number of nitrogens with one attached hydrogen (secondary N) is 2. The van der Waals surface area contributed by atoms with Gasteiger partial charge in [0.1, 0.15) is 10.8 Å². The van der Waals surface area contributed by atoms with Gasteiger partial charge in [0.25, 0.3) is 0 Å². The summed E-state index contributed by atoms with van der Waals surface area (Å²) in [6, 6.07) is 12.3. The Hall–Kier alpha value is -2.78. The quantitative estimate of drug-likeness (QED) is 0.148. The van der Waals surface area contributed by atoms with Crippen molar-refractivity contribution >= 4 is 52.1 Å². The Kier molecular flexibility index (Phi) is 11.7. The van der Waals surface area contributed by atoms with Crippen LogP contribution in [0.3, 0.4) is 0 Å². The lowest BCUT2D eigenvalue weighted by molar-refractivity contribution is 0.243. The summed E-state index contributed by atoms with van der Waals surface area (Å²) in [6.07, 6.45) is 14.9. The summed E-state index contributed by atoms with van der Waals surface area (Å²) in [6.45, 7) is 11.4. The van der Waals surface area contributed by atoms with Gasteiger partial charge in [-0.05, 0) is 93.5 Å². The van der Waals surface area contributed by atoms with E-state index in [0.717, 1.165) is 45.8 Å². The molecule has 1 aliphatic heterocycles. The minimum absolute atomic E-state index is 0.0135. The van der Waals surface area contributed by atoms with Crippen LogP contribution in [0.25, 0.3) is 5.57 Å². The Labute approximate surface area is 278 Å². The van der Waals surface area contributed by atoms with Crippen LogP contribution in [0, 0.1) is 12.8 Å². The average molecular weight is 650 g/mol. The molecule has 242 valence electrons. The van der Waals surface area contributed by atoms with Gasteiger partial charge in [0, 0.05) is 16.2 Å². The highest BCUT2D eigenvalue weighted by molar-refractivity contribution is 8.00. The summed E-state index contributed by atoms with van der Waals surface area (Å²) in [5.41, 5.74) is 5.12. The molecule has 45 heavy (non-hydrogen) atoms. The van der Waals surface area contributed by atoms with Gasteiger partial charge in [-0.3, -0.25) is 5.21 Å². The number of rotatable bonds is 10. The van der Waals surface area contributed by atoms with Crippen LogP contribution in [0.2, 0.25) is 5.02 Å². The first kappa shape index (κ1) is 33.6. The fourth-order valence-corrected chi connectivity index (χ4v) is 6.69. The number of halogens is 1. The smallest absolute Gasteiger partial charge is 0.229 e. The van der Waals surface area contributed by atoms with Crippen LogP contribution in [0.15, 0.2) is 53.6 Å². The van der Waals surface area contributed by atoms with E-state index in [9.17, 15) is 5.21 Å². The molecule has 1 unspecified atom stereocenters. The number of aryl methyl sites for hydroxylation is 1. The number of benzene rings is 2. The van der Waals surface area contributed by atoms with Crippen LogP contribution < -0.4 is 20.4 Å². The van der Waals surface area contributed by atoms with Crippen molar-refractivity contribution < 1.29 is 9.94 Å². The molecule has 1 aromatic heterocycles. The maximum Gasteiger partial charge on any atom is 0.229 e. The summed E-state index contributed by atoms with van der Waals surface area (Å²) >= 11 is 8.15. The third-order valence-corrected chi connectivity index (χ3v) is 9.81. The second-order valence-electron chi connectivity index (χ2n) is 12.8. The number of ether oxygens (including phenoxy) is 1. The predicted octanol–water partition coefficient (Wildman–Crippen LogP) is 10.1. The lowest BCUT2D eigenvalue weighted by Crippen LogP contribution is -2.41. The van der Waals surface area contributed by atoms with Gasteiger partial charge in [0.2, 0.25) is 5.95 Å². The molecule has 9 heteroatoms. The van der Waals surface area contributed by atoms with Gasteiger partial charge < -0.3 is 15.4 Å². The van der Waals surface area contributed by atoms with Gasteiger partial charge in [-0.1, -0.05) is 75.8 Å². The zero-order valence-corrected chi connectivity index (χ0v) is 28.8. The minimum Gasteiger partial charge on any atom is -0.489 e. The monoisotopic (exact) mass is 649 g/mol. The molecule has 3 N–H and O–H groups in total. The maximum absolute atomic E-state index is 11.2. The van der Waals surface area contributed by atoms with Crippen molar-refractivity contribution in [2.75, 3.05) is 16.9 Å². The molecule has 3 aromatic rings. The van der Waals surface area contributed by atoms with E-state index >= 15 is 0 Å². The van der Waals surface area contributed by atoms with E-state index in [-0.39, 0.29) is 16.9 Å². The molecule has 2 saturated carbocycles. The normalized spacial score (nSPS) is 18.0. The first-order valence-electron chi connectivity index (χ1n) is 16.5. The lowest BCUT2D eigenvalue weighted by atomic mass is 9.77. The Balaban J connectivity index is 0.000000927. The van der Waals surface area contributed by atoms with Crippen molar-refractivity contribution in [1.29, 1.82) is 0 Å². The van der Waals surface area contributed by atoms with Crippen molar-refractivity contribution in [2.24, 2.45) is 5.92 Å². The fourth-order valence-electron chi connectivity index (χ4n) is 5.58. The highest BCUT2D eigenvalue weighted by atomic mass is 35.5. The predicted molar refractivity (Wildman–Crippen MR) is 189 cm³/mol. The Morgan fingerprint density at radius 1 is 1.07 bits per heavy atom. The zero-order chi connectivity index (χ0) is 31.9. The number of hydrogen-bond acceptors (Lipinski definition) is 8. The van der Waals surface area contributed by atoms with Crippen molar-refractivity contribution in [1.82, 2.24) is 15.3 Å². The molecule has 2 aromatic carbocycles.